The summed E-state index contributed by atoms with van der Waals surface area (Å²) in [6, 6.07) is 6.04. The summed E-state index contributed by atoms with van der Waals surface area (Å²) in [6.07, 6.45) is -0.0329. The zero-order valence-corrected chi connectivity index (χ0v) is 24.6. The molecule has 3 rings (SSSR count). The third kappa shape index (κ3) is 6.61. The van der Waals surface area contributed by atoms with Gasteiger partial charge >= 0.3 is 0 Å². The molecule has 0 bridgehead atoms. The predicted octanol–water partition coefficient (Wildman–Crippen LogP) is 4.22. The number of rotatable bonds is 8. The van der Waals surface area contributed by atoms with Gasteiger partial charge in [0.05, 0.1) is 28.2 Å². The number of carbonyl (C=O) groups is 3. The monoisotopic (exact) mass is 542 g/mol. The van der Waals surface area contributed by atoms with Crippen LogP contribution in [0.4, 0.5) is 0 Å². The van der Waals surface area contributed by atoms with Gasteiger partial charge in [-0.2, -0.15) is 0 Å². The molecule has 1 aliphatic rings. The molecule has 208 valence electrons. The van der Waals surface area contributed by atoms with Gasteiger partial charge in [0.1, 0.15) is 12.1 Å². The molecule has 0 saturated carbocycles. The molecule has 8 nitrogen and oxygen atoms in total. The van der Waals surface area contributed by atoms with Crippen molar-refractivity contribution in [2.75, 3.05) is 6.54 Å². The smallest absolute Gasteiger partial charge is 0.246 e. The number of nitrogens with one attached hydrogen (secondary N) is 2. The van der Waals surface area contributed by atoms with Crippen molar-refractivity contribution in [1.29, 1.82) is 0 Å². The molecule has 0 radical (unpaired) electrons. The fourth-order valence-corrected chi connectivity index (χ4v) is 5.31. The van der Waals surface area contributed by atoms with E-state index in [4.69, 9.17) is 0 Å². The minimum absolute atomic E-state index is 0.0494. The van der Waals surface area contributed by atoms with Crippen molar-refractivity contribution < 1.29 is 19.5 Å². The van der Waals surface area contributed by atoms with Crippen LogP contribution in [-0.2, 0) is 14.4 Å². The molecular formula is C29H42N4O4S. The molecule has 1 saturated heterocycles. The number of aryl methyl sites for hydroxylation is 1. The summed E-state index contributed by atoms with van der Waals surface area (Å²) >= 11 is 1.59. The van der Waals surface area contributed by atoms with Gasteiger partial charge in [-0.05, 0) is 36.8 Å². The molecule has 1 aliphatic heterocycles. The number of carbonyl (C=O) groups excluding carboxylic acids is 3. The van der Waals surface area contributed by atoms with Gasteiger partial charge in [0.15, 0.2) is 0 Å². The first-order valence-corrected chi connectivity index (χ1v) is 14.1. The number of benzene rings is 1. The van der Waals surface area contributed by atoms with E-state index in [9.17, 15) is 19.5 Å². The van der Waals surface area contributed by atoms with Crippen molar-refractivity contribution in [3.63, 3.8) is 0 Å². The van der Waals surface area contributed by atoms with Crippen molar-refractivity contribution in [2.24, 2.45) is 10.8 Å². The number of hydrogen-bond acceptors (Lipinski definition) is 6. The van der Waals surface area contributed by atoms with Crippen LogP contribution in [0.3, 0.4) is 0 Å². The third-order valence-corrected chi connectivity index (χ3v) is 8.51. The number of likely N-dealkylation sites (tertiary alicyclic amines) is 1. The summed E-state index contributed by atoms with van der Waals surface area (Å²) in [4.78, 5) is 46.9. The highest BCUT2D eigenvalue weighted by Crippen LogP contribution is 2.30. The average molecular weight is 543 g/mol. The van der Waals surface area contributed by atoms with Crippen LogP contribution < -0.4 is 10.6 Å². The molecule has 3 amide bonds. The molecule has 38 heavy (non-hydrogen) atoms. The topological polar surface area (TPSA) is 112 Å². The van der Waals surface area contributed by atoms with E-state index in [0.717, 1.165) is 21.7 Å². The SMILES string of the molecule is CCC(C)(C)C(=O)NC(C(=O)N1CC(O)CC1C(=O)NC(C)c1ccc(-c2scnc2C)cc1)C(C)(C)C. The molecule has 4 unspecified atom stereocenters. The van der Waals surface area contributed by atoms with Crippen LogP contribution in [0.25, 0.3) is 10.4 Å². The Labute approximate surface area is 230 Å². The molecule has 0 aliphatic carbocycles. The zero-order valence-electron chi connectivity index (χ0n) is 23.8. The predicted molar refractivity (Wildman–Crippen MR) is 150 cm³/mol. The summed E-state index contributed by atoms with van der Waals surface area (Å²) in [5, 5.41) is 16.4. The maximum Gasteiger partial charge on any atom is 0.246 e. The number of β-amino-alcohol motifs (C(OH)–C–C–N with tert-alkyl or cyclic N) is 1. The van der Waals surface area contributed by atoms with Crippen molar-refractivity contribution in [3.05, 3.63) is 41.0 Å². The standard InChI is InChI=1S/C29H42N4O4S/c1-9-29(7,8)27(37)32-24(28(4,5)6)26(36)33-15-21(34)14-22(33)25(35)31-17(2)19-10-12-20(13-11-19)23-18(3)30-16-38-23/h10-13,16-17,21-22,24,34H,9,14-15H2,1-8H3,(H,31,35)(H,32,37). The number of nitrogens with zero attached hydrogens (tertiary/aromatic N) is 2. The van der Waals surface area contributed by atoms with Crippen LogP contribution in [0.5, 0.6) is 0 Å². The highest BCUT2D eigenvalue weighted by Gasteiger charge is 2.45. The Bertz CT molecular complexity index is 1150. The molecule has 1 aromatic heterocycles. The number of aliphatic hydroxyl groups excluding tert-OH is 1. The Morgan fingerprint density at radius 2 is 1.76 bits per heavy atom. The van der Waals surface area contributed by atoms with Crippen LogP contribution >= 0.6 is 11.3 Å². The lowest BCUT2D eigenvalue weighted by Crippen LogP contribution is -2.59. The molecule has 4 atom stereocenters. The largest absolute Gasteiger partial charge is 0.391 e. The summed E-state index contributed by atoms with van der Waals surface area (Å²) < 4.78 is 0. The first kappa shape index (κ1) is 29.8. The van der Waals surface area contributed by atoms with Crippen molar-refractivity contribution >= 4 is 29.1 Å². The highest BCUT2D eigenvalue weighted by atomic mass is 32.1. The first-order valence-electron chi connectivity index (χ1n) is 13.3. The summed E-state index contributed by atoms with van der Waals surface area (Å²) in [5.74, 6) is -0.886. The van der Waals surface area contributed by atoms with Crippen LogP contribution in [0.2, 0.25) is 0 Å². The lowest BCUT2D eigenvalue weighted by molar-refractivity contribution is -0.145. The Kier molecular flexibility index (Phi) is 9.04. The maximum atomic E-state index is 13.8. The van der Waals surface area contributed by atoms with E-state index in [1.807, 2.05) is 85.2 Å². The quantitative estimate of drug-likeness (QED) is 0.462. The van der Waals surface area contributed by atoms with Crippen LogP contribution in [0.1, 0.15) is 78.6 Å². The van der Waals surface area contributed by atoms with Crippen LogP contribution in [0.15, 0.2) is 29.8 Å². The molecule has 2 aromatic rings. The molecule has 2 heterocycles. The van der Waals surface area contributed by atoms with Gasteiger partial charge < -0.3 is 20.6 Å². The minimum Gasteiger partial charge on any atom is -0.391 e. The number of aromatic nitrogens is 1. The van der Waals surface area contributed by atoms with Gasteiger partial charge in [-0.3, -0.25) is 14.4 Å². The molecule has 3 N–H and O–H groups in total. The first-order chi connectivity index (χ1) is 17.7. The zero-order chi connectivity index (χ0) is 28.4. The van der Waals surface area contributed by atoms with Gasteiger partial charge in [0.25, 0.3) is 0 Å². The van der Waals surface area contributed by atoms with Gasteiger partial charge in [-0.15, -0.1) is 11.3 Å². The van der Waals surface area contributed by atoms with Crippen molar-refractivity contribution in [2.45, 2.75) is 92.5 Å². The van der Waals surface area contributed by atoms with E-state index < -0.39 is 29.0 Å². The maximum absolute atomic E-state index is 13.8. The van der Waals surface area contributed by atoms with Crippen LogP contribution in [0, 0.1) is 17.8 Å². The highest BCUT2D eigenvalue weighted by molar-refractivity contribution is 7.13. The average Bonchev–Trinajstić information content (AvgIpc) is 3.46. The van der Waals surface area contributed by atoms with Crippen LogP contribution in [-0.4, -0.2) is 57.4 Å². The number of amides is 3. The van der Waals surface area contributed by atoms with Crippen molar-refractivity contribution in [3.8, 4) is 10.4 Å². The van der Waals surface area contributed by atoms with Gasteiger partial charge in [0.2, 0.25) is 17.7 Å². The Hall–Kier alpha value is -2.78. The third-order valence-electron chi connectivity index (χ3n) is 7.53. The van der Waals surface area contributed by atoms with E-state index >= 15 is 0 Å². The fraction of sp³-hybridized carbons (Fsp3) is 0.586. The molecule has 1 fully saturated rings. The molecule has 1 aromatic carbocycles. The Balaban J connectivity index is 1.75. The van der Waals surface area contributed by atoms with E-state index in [2.05, 4.69) is 15.6 Å². The van der Waals surface area contributed by atoms with Gasteiger partial charge in [-0.25, -0.2) is 4.98 Å². The number of aliphatic hydroxyl groups is 1. The Morgan fingerprint density at radius 1 is 1.13 bits per heavy atom. The summed E-state index contributed by atoms with van der Waals surface area (Å²) in [6.45, 7) is 15.2. The van der Waals surface area contributed by atoms with E-state index in [1.165, 1.54) is 4.90 Å². The van der Waals surface area contributed by atoms with E-state index in [-0.39, 0.29) is 36.7 Å². The molecule has 9 heteroatoms. The second-order valence-electron chi connectivity index (χ2n) is 12.0. The van der Waals surface area contributed by atoms with Crippen molar-refractivity contribution in [1.82, 2.24) is 20.5 Å². The van der Waals surface area contributed by atoms with Gasteiger partial charge in [-0.1, -0.05) is 65.8 Å². The summed E-state index contributed by atoms with van der Waals surface area (Å²) in [5.41, 5.74) is 3.60. The molecule has 0 spiro atoms. The second kappa shape index (κ2) is 11.5. The number of hydrogen-bond donors (Lipinski definition) is 3. The lowest BCUT2D eigenvalue weighted by Gasteiger charge is -2.37. The van der Waals surface area contributed by atoms with E-state index in [0.29, 0.717) is 6.42 Å². The normalized spacial score (nSPS) is 19.7. The van der Waals surface area contributed by atoms with E-state index in [1.54, 1.807) is 11.3 Å². The molecular weight excluding hydrogens is 500 g/mol. The Morgan fingerprint density at radius 3 is 2.29 bits per heavy atom. The lowest BCUT2D eigenvalue weighted by atomic mass is 9.83. The second-order valence-corrected chi connectivity index (χ2v) is 12.9. The fourth-order valence-electron chi connectivity index (χ4n) is 4.50. The summed E-state index contributed by atoms with van der Waals surface area (Å²) in [7, 11) is 0. The minimum atomic E-state index is -0.832. The van der Waals surface area contributed by atoms with Gasteiger partial charge in [0, 0.05) is 18.4 Å². The number of thiazole rings is 1.